The minimum absolute atomic E-state index is 0.0791. The van der Waals surface area contributed by atoms with Gasteiger partial charge in [0.05, 0.1) is 12.0 Å². The van der Waals surface area contributed by atoms with Crippen LogP contribution in [-0.4, -0.2) is 40.6 Å². The highest BCUT2D eigenvalue weighted by atomic mass is 32.2. The maximum absolute atomic E-state index is 12.9. The van der Waals surface area contributed by atoms with Crippen molar-refractivity contribution in [1.82, 2.24) is 15.8 Å². The first kappa shape index (κ1) is 23.4. The summed E-state index contributed by atoms with van der Waals surface area (Å²) in [5.74, 6) is -0.963. The number of thiocarbonyl (C=S) groups is 1. The van der Waals surface area contributed by atoms with Crippen LogP contribution in [0.15, 0.2) is 53.4 Å². The van der Waals surface area contributed by atoms with E-state index in [1.54, 1.807) is 13.2 Å². The number of carbonyl (C=O) groups excluding carboxylic acids is 3. The number of rotatable bonds is 7. The summed E-state index contributed by atoms with van der Waals surface area (Å²) in [4.78, 5) is 38.5. The van der Waals surface area contributed by atoms with E-state index in [1.807, 2.05) is 24.3 Å². The zero-order chi connectivity index (χ0) is 23.1. The molecule has 2 aromatic carbocycles. The number of nitrogens with zero attached hydrogens (tertiary/aromatic N) is 1. The number of nitrogens with one attached hydrogen (secondary N) is 2. The predicted molar refractivity (Wildman–Crippen MR) is 124 cm³/mol. The van der Waals surface area contributed by atoms with Crippen molar-refractivity contribution in [3.05, 3.63) is 70.4 Å². The minimum Gasteiger partial charge on any atom is -0.497 e. The molecular weight excluding hydrogens is 453 g/mol. The average molecular weight is 474 g/mol. The Hall–Kier alpha value is -3.24. The van der Waals surface area contributed by atoms with Crippen molar-refractivity contribution in [2.75, 3.05) is 13.7 Å². The molecule has 166 valence electrons. The monoisotopic (exact) mass is 473 g/mol. The van der Waals surface area contributed by atoms with Crippen LogP contribution in [-0.2, 0) is 9.59 Å². The first-order chi connectivity index (χ1) is 15.4. The lowest BCUT2D eigenvalue weighted by atomic mass is 10.2. The highest BCUT2D eigenvalue weighted by Gasteiger charge is 2.31. The van der Waals surface area contributed by atoms with Crippen LogP contribution < -0.4 is 15.6 Å². The van der Waals surface area contributed by atoms with Crippen LogP contribution >= 0.6 is 24.0 Å². The third-order valence-electron chi connectivity index (χ3n) is 4.47. The van der Waals surface area contributed by atoms with Gasteiger partial charge in [-0.3, -0.25) is 30.1 Å². The van der Waals surface area contributed by atoms with Crippen LogP contribution in [0.2, 0.25) is 0 Å². The number of hydrazine groups is 1. The fourth-order valence-corrected chi connectivity index (χ4v) is 4.14. The summed E-state index contributed by atoms with van der Waals surface area (Å²) in [6, 6.07) is 12.3. The van der Waals surface area contributed by atoms with E-state index in [-0.39, 0.29) is 24.4 Å². The van der Waals surface area contributed by atoms with Crippen molar-refractivity contribution >= 4 is 52.1 Å². The molecule has 32 heavy (non-hydrogen) atoms. The van der Waals surface area contributed by atoms with Gasteiger partial charge in [-0.2, -0.15) is 0 Å². The lowest BCUT2D eigenvalue weighted by Crippen LogP contribution is -2.41. The second-order valence-electron chi connectivity index (χ2n) is 6.72. The Balaban J connectivity index is 1.47. The van der Waals surface area contributed by atoms with Crippen molar-refractivity contribution in [2.24, 2.45) is 0 Å². The summed E-state index contributed by atoms with van der Waals surface area (Å²) in [7, 11) is 1.57. The summed E-state index contributed by atoms with van der Waals surface area (Å²) in [6.07, 6.45) is 2.19. The highest BCUT2D eigenvalue weighted by molar-refractivity contribution is 8.26. The fourth-order valence-electron chi connectivity index (χ4n) is 2.84. The van der Waals surface area contributed by atoms with E-state index in [0.717, 1.165) is 17.7 Å². The van der Waals surface area contributed by atoms with Crippen LogP contribution in [0.25, 0.3) is 6.08 Å². The number of ether oxygens (including phenoxy) is 1. The molecule has 1 aliphatic rings. The number of thioether (sulfide) groups is 1. The standard InChI is InChI=1S/C22H20FN3O4S2/c1-30-17-5-2-4-14(12-17)13-18-21(29)26(22(31)32-18)11-3-6-19(27)24-25-20(28)15-7-9-16(23)10-8-15/h2,4-5,7-10,12-13H,3,6,11H2,1H3,(H,24,27)(H,25,28)/b18-13+. The minimum atomic E-state index is -0.557. The zero-order valence-electron chi connectivity index (χ0n) is 17.1. The van der Waals surface area contributed by atoms with Crippen LogP contribution in [0, 0.1) is 5.82 Å². The van der Waals surface area contributed by atoms with Gasteiger partial charge >= 0.3 is 0 Å². The summed E-state index contributed by atoms with van der Waals surface area (Å²) < 4.78 is 18.5. The Kier molecular flexibility index (Phi) is 7.96. The molecule has 10 heteroatoms. The molecule has 1 aliphatic heterocycles. The first-order valence-corrected chi connectivity index (χ1v) is 10.8. The molecule has 0 atom stereocenters. The normalized spacial score (nSPS) is 14.6. The SMILES string of the molecule is COc1cccc(/C=C2/SC(=S)N(CCCC(=O)NNC(=O)c3ccc(F)cc3)C2=O)c1. The van der Waals surface area contributed by atoms with Crippen LogP contribution in [0.1, 0.15) is 28.8 Å². The third kappa shape index (κ3) is 6.14. The Bertz CT molecular complexity index is 1070. The topological polar surface area (TPSA) is 87.7 Å². The highest BCUT2D eigenvalue weighted by Crippen LogP contribution is 2.33. The zero-order valence-corrected chi connectivity index (χ0v) is 18.7. The van der Waals surface area contributed by atoms with E-state index in [2.05, 4.69) is 10.9 Å². The third-order valence-corrected chi connectivity index (χ3v) is 5.85. The number of hydrogen-bond acceptors (Lipinski definition) is 6. The van der Waals surface area contributed by atoms with E-state index in [4.69, 9.17) is 17.0 Å². The molecule has 0 radical (unpaired) electrons. The molecule has 0 bridgehead atoms. The number of carbonyl (C=O) groups is 3. The first-order valence-electron chi connectivity index (χ1n) is 9.61. The van der Waals surface area contributed by atoms with Gasteiger partial charge in [-0.15, -0.1) is 0 Å². The number of methoxy groups -OCH3 is 1. The van der Waals surface area contributed by atoms with Crippen molar-refractivity contribution in [3.63, 3.8) is 0 Å². The predicted octanol–water partition coefficient (Wildman–Crippen LogP) is 3.28. The maximum Gasteiger partial charge on any atom is 0.269 e. The molecular formula is C22H20FN3O4S2. The van der Waals surface area contributed by atoms with Gasteiger partial charge < -0.3 is 4.74 Å². The molecule has 0 aromatic heterocycles. The molecule has 3 amide bonds. The van der Waals surface area contributed by atoms with Crippen molar-refractivity contribution in [1.29, 1.82) is 0 Å². The summed E-state index contributed by atoms with van der Waals surface area (Å²) in [5, 5.41) is 0. The molecule has 0 saturated carbocycles. The van der Waals surface area contributed by atoms with E-state index < -0.39 is 17.6 Å². The Morgan fingerprint density at radius 3 is 2.66 bits per heavy atom. The van der Waals surface area contributed by atoms with Gasteiger partial charge in [0.25, 0.3) is 11.8 Å². The van der Waals surface area contributed by atoms with Gasteiger partial charge in [0.2, 0.25) is 5.91 Å². The molecule has 0 spiro atoms. The van der Waals surface area contributed by atoms with Crippen molar-refractivity contribution < 1.29 is 23.5 Å². The molecule has 2 aromatic rings. The van der Waals surface area contributed by atoms with Crippen molar-refractivity contribution in [2.45, 2.75) is 12.8 Å². The average Bonchev–Trinajstić information content (AvgIpc) is 3.05. The Morgan fingerprint density at radius 2 is 1.94 bits per heavy atom. The van der Waals surface area contributed by atoms with Crippen LogP contribution in [0.3, 0.4) is 0 Å². The number of amides is 3. The van der Waals surface area contributed by atoms with Gasteiger partial charge in [-0.1, -0.05) is 36.1 Å². The van der Waals surface area contributed by atoms with E-state index in [1.165, 1.54) is 28.8 Å². The summed E-state index contributed by atoms with van der Waals surface area (Å²) in [6.45, 7) is 0.277. The smallest absolute Gasteiger partial charge is 0.269 e. The van der Waals surface area contributed by atoms with Gasteiger partial charge in [-0.25, -0.2) is 4.39 Å². The van der Waals surface area contributed by atoms with Gasteiger partial charge in [-0.05, 0) is 54.5 Å². The quantitative estimate of drug-likeness (QED) is 0.365. The Morgan fingerprint density at radius 1 is 1.19 bits per heavy atom. The van der Waals surface area contributed by atoms with E-state index in [9.17, 15) is 18.8 Å². The maximum atomic E-state index is 12.9. The van der Waals surface area contributed by atoms with Crippen molar-refractivity contribution in [3.8, 4) is 5.75 Å². The van der Waals surface area contributed by atoms with Gasteiger partial charge in [0.15, 0.2) is 0 Å². The molecule has 7 nitrogen and oxygen atoms in total. The second-order valence-corrected chi connectivity index (χ2v) is 8.40. The molecule has 1 fully saturated rings. The number of benzene rings is 2. The molecule has 1 heterocycles. The number of halogens is 1. The van der Waals surface area contributed by atoms with Crippen LogP contribution in [0.5, 0.6) is 5.75 Å². The largest absolute Gasteiger partial charge is 0.497 e. The second kappa shape index (κ2) is 10.9. The molecule has 0 aliphatic carbocycles. The van der Waals surface area contributed by atoms with Gasteiger partial charge in [0.1, 0.15) is 15.9 Å². The molecule has 3 rings (SSSR count). The number of hydrogen-bond donors (Lipinski definition) is 2. The summed E-state index contributed by atoms with van der Waals surface area (Å²) in [5.41, 5.74) is 5.60. The Labute approximate surface area is 194 Å². The fraction of sp³-hybridized carbons (Fsp3) is 0.182. The summed E-state index contributed by atoms with van der Waals surface area (Å²) >= 11 is 6.51. The van der Waals surface area contributed by atoms with Crippen LogP contribution in [0.4, 0.5) is 4.39 Å². The molecule has 0 unspecified atom stereocenters. The lowest BCUT2D eigenvalue weighted by Gasteiger charge is -2.14. The van der Waals surface area contributed by atoms with E-state index >= 15 is 0 Å². The van der Waals surface area contributed by atoms with E-state index in [0.29, 0.717) is 21.4 Å². The lowest BCUT2D eigenvalue weighted by molar-refractivity contribution is -0.124. The molecule has 2 N–H and O–H groups in total. The van der Waals surface area contributed by atoms with Gasteiger partial charge in [0, 0.05) is 18.5 Å². The molecule has 1 saturated heterocycles.